The third-order valence-corrected chi connectivity index (χ3v) is 3.75. The maximum Gasteiger partial charge on any atom is 0.420 e. The quantitative estimate of drug-likeness (QED) is 0.762. The minimum absolute atomic E-state index is 0.0295. The van der Waals surface area contributed by atoms with Crippen molar-refractivity contribution in [3.05, 3.63) is 23.8 Å². The second kappa shape index (κ2) is 3.80. The number of rotatable bonds is 0. The van der Waals surface area contributed by atoms with Gasteiger partial charge in [0.15, 0.2) is 5.75 Å². The van der Waals surface area contributed by atoms with E-state index in [2.05, 4.69) is 5.32 Å². The van der Waals surface area contributed by atoms with Crippen LogP contribution in [0.2, 0.25) is 0 Å². The first kappa shape index (κ1) is 11.7. The maximum absolute atomic E-state index is 12.9. The summed E-state index contributed by atoms with van der Waals surface area (Å²) in [6.07, 6.45) is -0.683. The SMILES string of the molecule is FC(F)(F)c1cccc2c1OC1(CCCC1)CN2. The molecule has 1 aromatic rings. The van der Waals surface area contributed by atoms with Crippen LogP contribution in [0.25, 0.3) is 0 Å². The van der Waals surface area contributed by atoms with Crippen molar-refractivity contribution in [2.75, 3.05) is 11.9 Å². The van der Waals surface area contributed by atoms with Crippen LogP contribution < -0.4 is 10.1 Å². The number of hydrogen-bond donors (Lipinski definition) is 1. The number of anilines is 1. The lowest BCUT2D eigenvalue weighted by Crippen LogP contribution is -2.44. The summed E-state index contributed by atoms with van der Waals surface area (Å²) < 4.78 is 44.6. The molecule has 1 aliphatic carbocycles. The Balaban J connectivity index is 2.02. The van der Waals surface area contributed by atoms with E-state index in [1.165, 1.54) is 6.07 Å². The van der Waals surface area contributed by atoms with E-state index < -0.39 is 17.3 Å². The highest BCUT2D eigenvalue weighted by atomic mass is 19.4. The van der Waals surface area contributed by atoms with Crippen LogP contribution in [0.4, 0.5) is 18.9 Å². The number of nitrogens with one attached hydrogen (secondary N) is 1. The van der Waals surface area contributed by atoms with Gasteiger partial charge >= 0.3 is 6.18 Å². The molecule has 0 atom stereocenters. The summed E-state index contributed by atoms with van der Waals surface area (Å²) in [5.74, 6) is -0.0295. The van der Waals surface area contributed by atoms with Crippen molar-refractivity contribution >= 4 is 5.69 Å². The van der Waals surface area contributed by atoms with Crippen LogP contribution >= 0.6 is 0 Å². The van der Waals surface area contributed by atoms with Gasteiger partial charge in [-0.3, -0.25) is 0 Å². The van der Waals surface area contributed by atoms with Crippen molar-refractivity contribution in [1.82, 2.24) is 0 Å². The molecule has 5 heteroatoms. The first-order valence-corrected chi connectivity index (χ1v) is 6.13. The van der Waals surface area contributed by atoms with Crippen LogP contribution in [0.3, 0.4) is 0 Å². The van der Waals surface area contributed by atoms with E-state index in [0.717, 1.165) is 31.7 Å². The highest BCUT2D eigenvalue weighted by Gasteiger charge is 2.43. The molecule has 0 radical (unpaired) electrons. The lowest BCUT2D eigenvalue weighted by molar-refractivity contribution is -0.140. The third kappa shape index (κ3) is 1.82. The van der Waals surface area contributed by atoms with Crippen LogP contribution in [0.15, 0.2) is 18.2 Å². The van der Waals surface area contributed by atoms with Gasteiger partial charge in [0.1, 0.15) is 5.60 Å². The molecule has 2 aliphatic rings. The van der Waals surface area contributed by atoms with Crippen molar-refractivity contribution < 1.29 is 17.9 Å². The summed E-state index contributed by atoms with van der Waals surface area (Å²) in [5.41, 5.74) is -0.672. The van der Waals surface area contributed by atoms with E-state index in [1.807, 2.05) is 0 Å². The van der Waals surface area contributed by atoms with E-state index in [4.69, 9.17) is 4.74 Å². The first-order valence-electron chi connectivity index (χ1n) is 6.13. The van der Waals surface area contributed by atoms with Crippen molar-refractivity contribution in [2.24, 2.45) is 0 Å². The zero-order valence-corrected chi connectivity index (χ0v) is 9.81. The fourth-order valence-electron chi connectivity index (χ4n) is 2.82. The van der Waals surface area contributed by atoms with E-state index in [0.29, 0.717) is 12.2 Å². The Morgan fingerprint density at radius 2 is 1.89 bits per heavy atom. The number of benzene rings is 1. The Morgan fingerprint density at radius 1 is 1.17 bits per heavy atom. The average Bonchev–Trinajstić information content (AvgIpc) is 2.75. The Kier molecular flexibility index (Phi) is 2.47. The Hall–Kier alpha value is -1.39. The Labute approximate surface area is 103 Å². The summed E-state index contributed by atoms with van der Waals surface area (Å²) in [6.45, 7) is 0.599. The molecule has 0 amide bonds. The average molecular weight is 257 g/mol. The van der Waals surface area contributed by atoms with Gasteiger partial charge in [0.2, 0.25) is 0 Å². The van der Waals surface area contributed by atoms with Crippen LogP contribution in [-0.2, 0) is 6.18 Å². The third-order valence-electron chi connectivity index (χ3n) is 3.75. The van der Waals surface area contributed by atoms with Gasteiger partial charge in [-0.05, 0) is 37.8 Å². The van der Waals surface area contributed by atoms with Gasteiger partial charge in [-0.25, -0.2) is 0 Å². The summed E-state index contributed by atoms with van der Waals surface area (Å²) in [5, 5.41) is 3.08. The van der Waals surface area contributed by atoms with Gasteiger partial charge < -0.3 is 10.1 Å². The van der Waals surface area contributed by atoms with E-state index in [-0.39, 0.29) is 5.75 Å². The van der Waals surface area contributed by atoms with Crippen molar-refractivity contribution in [3.8, 4) is 5.75 Å². The standard InChI is InChI=1S/C13H14F3NO/c14-13(15,16)9-4-3-5-10-11(9)18-12(8-17-10)6-1-2-7-12/h3-5,17H,1-2,6-8H2. The predicted octanol–water partition coefficient (Wildman–Crippen LogP) is 3.82. The smallest absolute Gasteiger partial charge is 0.420 e. The molecule has 1 saturated carbocycles. The molecule has 1 heterocycles. The fraction of sp³-hybridized carbons (Fsp3) is 0.538. The van der Waals surface area contributed by atoms with Crippen LogP contribution in [0, 0.1) is 0 Å². The van der Waals surface area contributed by atoms with Gasteiger partial charge in [0, 0.05) is 0 Å². The molecule has 1 N–H and O–H groups in total. The molecule has 0 saturated heterocycles. The summed E-state index contributed by atoms with van der Waals surface area (Å²) in [4.78, 5) is 0. The lowest BCUT2D eigenvalue weighted by atomic mass is 9.98. The Bertz CT molecular complexity index is 464. The van der Waals surface area contributed by atoms with Gasteiger partial charge in [0.25, 0.3) is 0 Å². The number of hydrogen-bond acceptors (Lipinski definition) is 2. The monoisotopic (exact) mass is 257 g/mol. The van der Waals surface area contributed by atoms with Crippen molar-refractivity contribution in [1.29, 1.82) is 0 Å². The molecule has 3 rings (SSSR count). The molecule has 0 aromatic heterocycles. The highest BCUT2D eigenvalue weighted by molar-refractivity contribution is 5.63. The van der Waals surface area contributed by atoms with Crippen LogP contribution in [0.1, 0.15) is 31.2 Å². The molecular formula is C13H14F3NO. The van der Waals surface area contributed by atoms with Crippen molar-refractivity contribution in [2.45, 2.75) is 37.5 Å². The Morgan fingerprint density at radius 3 is 2.56 bits per heavy atom. The first-order chi connectivity index (χ1) is 8.50. The topological polar surface area (TPSA) is 21.3 Å². The van der Waals surface area contributed by atoms with E-state index >= 15 is 0 Å². The van der Waals surface area contributed by atoms with Crippen molar-refractivity contribution in [3.63, 3.8) is 0 Å². The summed E-state index contributed by atoms with van der Waals surface area (Å²) >= 11 is 0. The zero-order chi connectivity index (χ0) is 12.8. The predicted molar refractivity (Wildman–Crippen MR) is 61.8 cm³/mol. The number of para-hydroxylation sites is 1. The molecule has 0 unspecified atom stereocenters. The zero-order valence-electron chi connectivity index (χ0n) is 9.81. The van der Waals surface area contributed by atoms with Crippen LogP contribution in [-0.4, -0.2) is 12.1 Å². The minimum Gasteiger partial charge on any atom is -0.483 e. The number of alkyl halides is 3. The molecule has 18 heavy (non-hydrogen) atoms. The normalized spacial score (nSPS) is 21.3. The highest BCUT2D eigenvalue weighted by Crippen LogP contribution is 2.47. The molecule has 2 nitrogen and oxygen atoms in total. The van der Waals surface area contributed by atoms with E-state index in [1.54, 1.807) is 6.07 Å². The lowest BCUT2D eigenvalue weighted by Gasteiger charge is -2.37. The minimum atomic E-state index is -4.37. The van der Waals surface area contributed by atoms with Gasteiger partial charge in [-0.2, -0.15) is 13.2 Å². The maximum atomic E-state index is 12.9. The molecule has 1 aliphatic heterocycles. The summed E-state index contributed by atoms with van der Waals surface area (Å²) in [7, 11) is 0. The fourth-order valence-corrected chi connectivity index (χ4v) is 2.82. The summed E-state index contributed by atoms with van der Waals surface area (Å²) in [6, 6.07) is 4.12. The largest absolute Gasteiger partial charge is 0.483 e. The van der Waals surface area contributed by atoms with Crippen LogP contribution in [0.5, 0.6) is 5.75 Å². The molecule has 0 bridgehead atoms. The molecular weight excluding hydrogens is 243 g/mol. The number of ether oxygens (including phenoxy) is 1. The second-order valence-corrected chi connectivity index (χ2v) is 5.03. The number of fused-ring (bicyclic) bond motifs is 1. The number of halogens is 3. The second-order valence-electron chi connectivity index (χ2n) is 5.03. The van der Waals surface area contributed by atoms with Gasteiger partial charge in [0.05, 0.1) is 17.8 Å². The molecule has 1 spiro atoms. The molecule has 1 aromatic carbocycles. The molecule has 98 valence electrons. The van der Waals surface area contributed by atoms with Gasteiger partial charge in [-0.1, -0.05) is 6.07 Å². The van der Waals surface area contributed by atoms with E-state index in [9.17, 15) is 13.2 Å². The molecule has 1 fully saturated rings. The van der Waals surface area contributed by atoms with Gasteiger partial charge in [-0.15, -0.1) is 0 Å².